The van der Waals surface area contributed by atoms with Gasteiger partial charge in [-0.05, 0) is 11.1 Å². The predicted molar refractivity (Wildman–Crippen MR) is 57.8 cm³/mol. The van der Waals surface area contributed by atoms with Crippen molar-refractivity contribution < 1.29 is 7.94 Å². The van der Waals surface area contributed by atoms with Crippen LogP contribution in [0, 0.1) is 0 Å². The summed E-state index contributed by atoms with van der Waals surface area (Å²) in [6.45, 7) is 0. The summed E-state index contributed by atoms with van der Waals surface area (Å²) in [4.78, 5) is 0. The van der Waals surface area contributed by atoms with Crippen molar-refractivity contribution >= 4 is 25.6 Å². The molecule has 0 saturated carbocycles. The lowest BCUT2D eigenvalue weighted by atomic mass is 10.1. The van der Waals surface area contributed by atoms with Gasteiger partial charge in [0.2, 0.25) is 0 Å². The molecule has 2 rings (SSSR count). The molecule has 0 radical (unpaired) electrons. The Morgan fingerprint density at radius 2 is 0.929 bits per heavy atom. The third kappa shape index (κ3) is 1.97. The van der Waals surface area contributed by atoms with Crippen LogP contribution in [-0.4, -0.2) is 0 Å². The lowest BCUT2D eigenvalue weighted by Gasteiger charge is -2.02. The van der Waals surface area contributed by atoms with Crippen molar-refractivity contribution in [1.29, 1.82) is 0 Å². The highest BCUT2D eigenvalue weighted by molar-refractivity contribution is 7.51. The highest BCUT2D eigenvalue weighted by atomic mass is 32.1. The van der Waals surface area contributed by atoms with Gasteiger partial charge in [0.25, 0.3) is 0 Å². The van der Waals surface area contributed by atoms with Crippen molar-refractivity contribution in [2.75, 3.05) is 0 Å². The summed E-state index contributed by atoms with van der Waals surface area (Å²) >= 11 is 9.88. The largest absolute Gasteiger partial charge is 0.427 e. The van der Waals surface area contributed by atoms with Crippen LogP contribution < -0.4 is 7.94 Å². The van der Waals surface area contributed by atoms with Crippen LogP contribution in [0.4, 0.5) is 0 Å². The highest BCUT2D eigenvalue weighted by Crippen LogP contribution is 2.14. The Hall–Kier alpha value is -1.26. The van der Waals surface area contributed by atoms with Crippen molar-refractivity contribution in [3.8, 4) is 11.1 Å². The molecule has 0 fully saturated rings. The SMILES string of the molecule is [S-][n+]1ccc(-c2cc[n+]([S-])cc2)cc1. The molecule has 0 aliphatic carbocycles. The lowest BCUT2D eigenvalue weighted by molar-refractivity contribution is -0.493. The van der Waals surface area contributed by atoms with E-state index in [1.54, 1.807) is 7.94 Å². The van der Waals surface area contributed by atoms with E-state index < -0.39 is 0 Å². The van der Waals surface area contributed by atoms with E-state index in [0.717, 1.165) is 11.1 Å². The Morgan fingerprint density at radius 3 is 1.21 bits per heavy atom. The number of hydrogen-bond acceptors (Lipinski definition) is 2. The lowest BCUT2D eigenvalue weighted by Crippen LogP contribution is -2.24. The Kier molecular flexibility index (Phi) is 2.56. The van der Waals surface area contributed by atoms with Gasteiger partial charge in [-0.1, -0.05) is 0 Å². The second-order valence-electron chi connectivity index (χ2n) is 2.89. The van der Waals surface area contributed by atoms with Crippen LogP contribution in [-0.2, 0) is 25.6 Å². The molecule has 2 aromatic heterocycles. The van der Waals surface area contributed by atoms with Crippen molar-refractivity contribution in [3.05, 3.63) is 49.1 Å². The van der Waals surface area contributed by atoms with E-state index >= 15 is 0 Å². The maximum atomic E-state index is 4.94. The topological polar surface area (TPSA) is 7.76 Å². The molecule has 4 heteroatoms. The van der Waals surface area contributed by atoms with E-state index in [-0.39, 0.29) is 0 Å². The first-order chi connectivity index (χ1) is 6.75. The number of rotatable bonds is 1. The van der Waals surface area contributed by atoms with Crippen LogP contribution in [0.1, 0.15) is 0 Å². The zero-order valence-electron chi connectivity index (χ0n) is 7.33. The average molecular weight is 220 g/mol. The molecule has 0 amide bonds. The van der Waals surface area contributed by atoms with Crippen LogP contribution in [0.25, 0.3) is 11.1 Å². The molecule has 0 aliphatic heterocycles. The summed E-state index contributed by atoms with van der Waals surface area (Å²) < 4.78 is 3.19. The summed E-state index contributed by atoms with van der Waals surface area (Å²) in [5.74, 6) is 0. The maximum Gasteiger partial charge on any atom is 0.154 e. The Balaban J connectivity index is 2.40. The van der Waals surface area contributed by atoms with Gasteiger partial charge in [0.15, 0.2) is 24.8 Å². The van der Waals surface area contributed by atoms with Gasteiger partial charge in [0.05, 0.1) is 0 Å². The summed E-state index contributed by atoms with van der Waals surface area (Å²) in [5.41, 5.74) is 2.28. The quantitative estimate of drug-likeness (QED) is 0.512. The molecule has 0 saturated heterocycles. The molecule has 0 aliphatic rings. The zero-order chi connectivity index (χ0) is 9.97. The smallest absolute Gasteiger partial charge is 0.154 e. The molecule has 0 N–H and O–H groups in total. The number of aromatic nitrogens is 2. The molecule has 14 heavy (non-hydrogen) atoms. The number of pyridine rings is 2. The molecule has 70 valence electrons. The van der Waals surface area contributed by atoms with Crippen LogP contribution in [0.15, 0.2) is 49.1 Å². The van der Waals surface area contributed by atoms with Gasteiger partial charge in [-0.3, -0.25) is 0 Å². The number of hydrogen-bond donors (Lipinski definition) is 0. The van der Waals surface area contributed by atoms with E-state index in [2.05, 4.69) is 0 Å². The van der Waals surface area contributed by atoms with Gasteiger partial charge in [-0.15, -0.1) is 0 Å². The van der Waals surface area contributed by atoms with Gasteiger partial charge in [0, 0.05) is 24.3 Å². The first-order valence-corrected chi connectivity index (χ1v) is 4.87. The van der Waals surface area contributed by atoms with E-state index in [1.165, 1.54) is 0 Å². The molecule has 0 unspecified atom stereocenters. The van der Waals surface area contributed by atoms with Gasteiger partial charge >= 0.3 is 0 Å². The average Bonchev–Trinajstić information content (AvgIpc) is 2.21. The first-order valence-electron chi connectivity index (χ1n) is 4.14. The number of nitrogens with zero attached hydrogens (tertiary/aromatic N) is 2. The molecular weight excluding hydrogens is 212 g/mol. The van der Waals surface area contributed by atoms with Crippen LogP contribution in [0.2, 0.25) is 0 Å². The predicted octanol–water partition coefficient (Wildman–Crippen LogP) is 0.549. The minimum absolute atomic E-state index is 1.14. The van der Waals surface area contributed by atoms with Crippen molar-refractivity contribution in [2.45, 2.75) is 0 Å². The Labute approximate surface area is 93.9 Å². The van der Waals surface area contributed by atoms with Crippen molar-refractivity contribution in [3.63, 3.8) is 0 Å². The van der Waals surface area contributed by atoms with Crippen molar-refractivity contribution in [1.82, 2.24) is 0 Å². The third-order valence-corrected chi connectivity index (χ3v) is 2.42. The fraction of sp³-hybridized carbons (Fsp3) is 0. The van der Waals surface area contributed by atoms with Gasteiger partial charge in [-0.25, -0.2) is 0 Å². The summed E-state index contributed by atoms with van der Waals surface area (Å²) in [7, 11) is 0. The fourth-order valence-electron chi connectivity index (χ4n) is 1.21. The minimum atomic E-state index is 1.14. The molecule has 0 bridgehead atoms. The highest BCUT2D eigenvalue weighted by Gasteiger charge is 1.98. The second-order valence-corrected chi connectivity index (χ2v) is 3.74. The van der Waals surface area contributed by atoms with Gasteiger partial charge < -0.3 is 33.6 Å². The normalized spacial score (nSPS) is 10.0. The van der Waals surface area contributed by atoms with Crippen molar-refractivity contribution in [2.24, 2.45) is 0 Å². The van der Waals surface area contributed by atoms with E-state index in [9.17, 15) is 0 Å². The first kappa shape index (κ1) is 9.30. The van der Waals surface area contributed by atoms with Crippen LogP contribution in [0.3, 0.4) is 0 Å². The van der Waals surface area contributed by atoms with E-state index in [1.807, 2.05) is 49.1 Å². The minimum Gasteiger partial charge on any atom is -0.427 e. The molecule has 0 atom stereocenters. The zero-order valence-corrected chi connectivity index (χ0v) is 8.96. The summed E-state index contributed by atoms with van der Waals surface area (Å²) in [5, 5.41) is 0. The summed E-state index contributed by atoms with van der Waals surface area (Å²) in [6.07, 6.45) is 7.39. The second kappa shape index (κ2) is 3.86. The van der Waals surface area contributed by atoms with Crippen LogP contribution >= 0.6 is 0 Å². The fourth-order valence-corrected chi connectivity index (χ4v) is 1.45. The van der Waals surface area contributed by atoms with Gasteiger partial charge in [-0.2, -0.15) is 0 Å². The van der Waals surface area contributed by atoms with Crippen LogP contribution in [0.5, 0.6) is 0 Å². The molecular formula is C10H8N2S2. The molecule has 0 aromatic carbocycles. The molecule has 2 aromatic rings. The maximum absolute atomic E-state index is 4.94. The molecule has 2 heterocycles. The van der Waals surface area contributed by atoms with E-state index in [4.69, 9.17) is 25.6 Å². The standard InChI is InChI=1S/C10H8N2S2/c13-11-5-1-9(2-6-11)10-3-7-12(14)8-4-10/h1-8H. The third-order valence-electron chi connectivity index (χ3n) is 1.94. The monoisotopic (exact) mass is 220 g/mol. The van der Waals surface area contributed by atoms with E-state index in [0.29, 0.717) is 0 Å². The molecule has 0 spiro atoms. The van der Waals surface area contributed by atoms with Gasteiger partial charge in [0.1, 0.15) is 0 Å². The Morgan fingerprint density at radius 1 is 0.643 bits per heavy atom. The molecule has 2 nitrogen and oxygen atoms in total. The Bertz CT molecular complexity index is 379. The summed E-state index contributed by atoms with van der Waals surface area (Å²) in [6, 6.07) is 7.93.